The third-order valence-corrected chi connectivity index (χ3v) is 1.70. The zero-order valence-corrected chi connectivity index (χ0v) is 7.18. The van der Waals surface area contributed by atoms with E-state index in [1.807, 2.05) is 0 Å². The molecule has 0 atom stereocenters. The van der Waals surface area contributed by atoms with Gasteiger partial charge in [0.25, 0.3) is 0 Å². The maximum Gasteiger partial charge on any atom is 0.133 e. The van der Waals surface area contributed by atoms with Crippen LogP contribution < -0.4 is 4.74 Å². The summed E-state index contributed by atoms with van der Waals surface area (Å²) in [5, 5.41) is 8.62. The Hall–Kier alpha value is -1.16. The summed E-state index contributed by atoms with van der Waals surface area (Å²) in [6.45, 7) is -0.196. The van der Waals surface area contributed by atoms with Crippen LogP contribution in [0.3, 0.4) is 0 Å². The van der Waals surface area contributed by atoms with E-state index in [1.54, 1.807) is 0 Å². The Balaban J connectivity index is 3.13. The van der Waals surface area contributed by atoms with Gasteiger partial charge in [-0.25, -0.2) is 8.78 Å². The van der Waals surface area contributed by atoms with Crippen LogP contribution in [0.2, 0.25) is 0 Å². The van der Waals surface area contributed by atoms with Crippen LogP contribution in [0.1, 0.15) is 5.56 Å². The van der Waals surface area contributed by atoms with E-state index < -0.39 is 11.6 Å². The predicted molar refractivity (Wildman–Crippen MR) is 43.7 cm³/mol. The van der Waals surface area contributed by atoms with Gasteiger partial charge in [0.1, 0.15) is 17.4 Å². The van der Waals surface area contributed by atoms with Gasteiger partial charge in [0, 0.05) is 30.7 Å². The highest BCUT2D eigenvalue weighted by molar-refractivity contribution is 5.35. The number of benzene rings is 1. The van der Waals surface area contributed by atoms with Crippen molar-refractivity contribution in [3.63, 3.8) is 0 Å². The van der Waals surface area contributed by atoms with E-state index in [0.717, 1.165) is 12.1 Å². The van der Waals surface area contributed by atoms with Gasteiger partial charge < -0.3 is 9.84 Å². The van der Waals surface area contributed by atoms with Crippen molar-refractivity contribution in [2.75, 3.05) is 13.7 Å². The maximum atomic E-state index is 13.1. The normalized spacial score (nSPS) is 10.2. The lowest BCUT2D eigenvalue weighted by Crippen LogP contribution is -2.00. The van der Waals surface area contributed by atoms with Crippen LogP contribution in [0.5, 0.6) is 5.75 Å². The van der Waals surface area contributed by atoms with Crippen molar-refractivity contribution in [2.45, 2.75) is 6.42 Å². The molecule has 1 aromatic carbocycles. The summed E-state index contributed by atoms with van der Waals surface area (Å²) in [5.74, 6) is -1.24. The molecule has 0 aliphatic rings. The predicted octanol–water partition coefficient (Wildman–Crippen LogP) is 1.51. The molecule has 13 heavy (non-hydrogen) atoms. The summed E-state index contributed by atoms with van der Waals surface area (Å²) >= 11 is 0. The second-order valence-corrected chi connectivity index (χ2v) is 2.54. The van der Waals surface area contributed by atoms with Gasteiger partial charge in [-0.05, 0) is 0 Å². The Morgan fingerprint density at radius 1 is 1.38 bits per heavy atom. The average Bonchev–Trinajstić information content (AvgIpc) is 2.09. The highest BCUT2D eigenvalue weighted by Gasteiger charge is 2.10. The molecule has 0 saturated carbocycles. The summed E-state index contributed by atoms with van der Waals surface area (Å²) in [6, 6.07) is 1.86. The molecule has 0 spiro atoms. The third-order valence-electron chi connectivity index (χ3n) is 1.70. The zero-order valence-electron chi connectivity index (χ0n) is 7.18. The van der Waals surface area contributed by atoms with Gasteiger partial charge in [-0.2, -0.15) is 0 Å². The first-order valence-electron chi connectivity index (χ1n) is 3.81. The molecular formula is C9H10F2O2. The summed E-state index contributed by atoms with van der Waals surface area (Å²) in [7, 11) is 1.33. The van der Waals surface area contributed by atoms with Gasteiger partial charge in [-0.3, -0.25) is 0 Å². The van der Waals surface area contributed by atoms with Gasteiger partial charge in [0.15, 0.2) is 0 Å². The van der Waals surface area contributed by atoms with Crippen molar-refractivity contribution in [3.8, 4) is 5.75 Å². The summed E-state index contributed by atoms with van der Waals surface area (Å²) in [4.78, 5) is 0. The standard InChI is InChI=1S/C9H10F2O2/c1-13-9-5-6(10)4-8(11)7(9)2-3-12/h4-5,12H,2-3H2,1H3. The SMILES string of the molecule is COc1cc(F)cc(F)c1CCO. The minimum absolute atomic E-state index is 0.120. The van der Waals surface area contributed by atoms with E-state index in [-0.39, 0.29) is 24.3 Å². The molecule has 1 rings (SSSR count). The molecule has 0 unspecified atom stereocenters. The van der Waals surface area contributed by atoms with Crippen molar-refractivity contribution >= 4 is 0 Å². The number of halogens is 2. The minimum Gasteiger partial charge on any atom is -0.496 e. The van der Waals surface area contributed by atoms with Crippen LogP contribution in [0.15, 0.2) is 12.1 Å². The molecule has 0 fully saturated rings. The Bertz CT molecular complexity index is 300. The van der Waals surface area contributed by atoms with Crippen LogP contribution in [0, 0.1) is 11.6 Å². The van der Waals surface area contributed by atoms with E-state index >= 15 is 0 Å². The van der Waals surface area contributed by atoms with E-state index in [9.17, 15) is 8.78 Å². The second-order valence-electron chi connectivity index (χ2n) is 2.54. The quantitative estimate of drug-likeness (QED) is 0.779. The van der Waals surface area contributed by atoms with Gasteiger partial charge in [0.05, 0.1) is 7.11 Å². The fourth-order valence-corrected chi connectivity index (χ4v) is 1.12. The molecule has 1 N–H and O–H groups in total. The van der Waals surface area contributed by atoms with Crippen molar-refractivity contribution in [1.82, 2.24) is 0 Å². The Labute approximate surface area is 74.8 Å². The first-order chi connectivity index (χ1) is 6.19. The van der Waals surface area contributed by atoms with Crippen molar-refractivity contribution in [1.29, 1.82) is 0 Å². The van der Waals surface area contributed by atoms with E-state index in [1.165, 1.54) is 7.11 Å². The molecule has 0 amide bonds. The Morgan fingerprint density at radius 3 is 2.62 bits per heavy atom. The summed E-state index contributed by atoms with van der Waals surface area (Å²) in [5.41, 5.74) is 0.200. The van der Waals surface area contributed by atoms with Gasteiger partial charge >= 0.3 is 0 Å². The van der Waals surface area contributed by atoms with Crippen LogP contribution in [-0.4, -0.2) is 18.8 Å². The number of aliphatic hydroxyl groups excluding tert-OH is 1. The Morgan fingerprint density at radius 2 is 2.08 bits per heavy atom. The molecule has 4 heteroatoms. The fraction of sp³-hybridized carbons (Fsp3) is 0.333. The smallest absolute Gasteiger partial charge is 0.133 e. The monoisotopic (exact) mass is 188 g/mol. The largest absolute Gasteiger partial charge is 0.496 e. The number of aliphatic hydroxyl groups is 1. The molecule has 0 radical (unpaired) electrons. The number of hydrogen-bond donors (Lipinski definition) is 1. The molecule has 0 bridgehead atoms. The molecule has 0 saturated heterocycles. The minimum atomic E-state index is -0.689. The summed E-state index contributed by atoms with van der Waals surface area (Å²) < 4.78 is 30.5. The van der Waals surface area contributed by atoms with Crippen molar-refractivity contribution in [2.24, 2.45) is 0 Å². The van der Waals surface area contributed by atoms with Crippen molar-refractivity contribution in [3.05, 3.63) is 29.3 Å². The van der Waals surface area contributed by atoms with Crippen LogP contribution >= 0.6 is 0 Å². The molecule has 72 valence electrons. The van der Waals surface area contributed by atoms with E-state index in [4.69, 9.17) is 9.84 Å². The first-order valence-corrected chi connectivity index (χ1v) is 3.81. The zero-order chi connectivity index (χ0) is 9.84. The molecule has 1 aromatic rings. The summed E-state index contributed by atoms with van der Waals surface area (Å²) in [6.07, 6.45) is 0.120. The molecule has 0 aliphatic heterocycles. The molecule has 0 aliphatic carbocycles. The maximum absolute atomic E-state index is 13.1. The van der Waals surface area contributed by atoms with Gasteiger partial charge in [-0.15, -0.1) is 0 Å². The lowest BCUT2D eigenvalue weighted by atomic mass is 10.1. The number of hydrogen-bond acceptors (Lipinski definition) is 2. The topological polar surface area (TPSA) is 29.5 Å². The van der Waals surface area contributed by atoms with Crippen LogP contribution in [0.4, 0.5) is 8.78 Å². The first kappa shape index (κ1) is 9.92. The third kappa shape index (κ3) is 2.15. The fourth-order valence-electron chi connectivity index (χ4n) is 1.12. The average molecular weight is 188 g/mol. The van der Waals surface area contributed by atoms with E-state index in [0.29, 0.717) is 0 Å². The molecular weight excluding hydrogens is 178 g/mol. The van der Waals surface area contributed by atoms with Crippen LogP contribution in [-0.2, 0) is 6.42 Å². The molecule has 0 aromatic heterocycles. The number of methoxy groups -OCH3 is 1. The van der Waals surface area contributed by atoms with Gasteiger partial charge in [0.2, 0.25) is 0 Å². The van der Waals surface area contributed by atoms with Crippen molar-refractivity contribution < 1.29 is 18.6 Å². The lowest BCUT2D eigenvalue weighted by molar-refractivity contribution is 0.294. The highest BCUT2D eigenvalue weighted by atomic mass is 19.1. The number of rotatable bonds is 3. The highest BCUT2D eigenvalue weighted by Crippen LogP contribution is 2.23. The Kier molecular flexibility index (Phi) is 3.19. The lowest BCUT2D eigenvalue weighted by Gasteiger charge is -2.08. The molecule has 2 nitrogen and oxygen atoms in total. The molecule has 0 heterocycles. The number of ether oxygens (including phenoxy) is 1. The second kappa shape index (κ2) is 4.18. The van der Waals surface area contributed by atoms with E-state index in [2.05, 4.69) is 0 Å². The van der Waals surface area contributed by atoms with Crippen LogP contribution in [0.25, 0.3) is 0 Å². The van der Waals surface area contributed by atoms with Gasteiger partial charge in [-0.1, -0.05) is 0 Å².